The number of fused-ring (bicyclic) bond motifs is 4. The fourth-order valence-electron chi connectivity index (χ4n) is 9.48. The molecule has 2 heteroatoms. The van der Waals surface area contributed by atoms with E-state index in [0.717, 1.165) is 44.8 Å². The molecule has 2 saturated carbocycles. The van der Waals surface area contributed by atoms with Gasteiger partial charge in [0.05, 0.1) is 5.69 Å². The van der Waals surface area contributed by atoms with Crippen molar-refractivity contribution in [3.05, 3.63) is 163 Å². The molecule has 2 aliphatic rings. The van der Waals surface area contributed by atoms with Crippen molar-refractivity contribution in [2.45, 2.75) is 76.0 Å². The van der Waals surface area contributed by atoms with E-state index >= 15 is 0 Å². The highest BCUT2D eigenvalue weighted by atomic mass is 16.3. The monoisotopic (exact) mass is 701 g/mol. The molecule has 0 radical (unpaired) electrons. The van der Waals surface area contributed by atoms with Gasteiger partial charge in [-0.2, -0.15) is 0 Å². The first-order valence-corrected chi connectivity index (χ1v) is 20.3. The largest absolute Gasteiger partial charge is 0.456 e. The molecule has 7 aromatic carbocycles. The molecule has 0 spiro atoms. The number of hydrogen-bond acceptors (Lipinski definition) is 2. The van der Waals surface area contributed by atoms with Crippen LogP contribution in [0.2, 0.25) is 0 Å². The van der Waals surface area contributed by atoms with Gasteiger partial charge in [0.25, 0.3) is 0 Å². The Kier molecular flexibility index (Phi) is 8.76. The SMILES string of the molecule is c1ccc2cc(N(c3ccc(-c4ccc(C5CCCCC5)cc4)cc3)c3ccc(C4CCCCC4)cc3)c(-c3ccc4c(c3)oc3ccccc34)cc2c1. The second-order valence-corrected chi connectivity index (χ2v) is 15.8. The summed E-state index contributed by atoms with van der Waals surface area (Å²) in [7, 11) is 0. The van der Waals surface area contributed by atoms with Crippen molar-refractivity contribution in [3.8, 4) is 22.3 Å². The maximum atomic E-state index is 6.43. The van der Waals surface area contributed by atoms with Crippen LogP contribution in [-0.2, 0) is 0 Å². The summed E-state index contributed by atoms with van der Waals surface area (Å²) in [5, 5.41) is 4.75. The van der Waals surface area contributed by atoms with Gasteiger partial charge in [-0.05, 0) is 131 Å². The first-order valence-electron chi connectivity index (χ1n) is 20.3. The van der Waals surface area contributed by atoms with Crippen LogP contribution >= 0.6 is 0 Å². The molecule has 0 N–H and O–H groups in total. The first kappa shape index (κ1) is 33.0. The highest BCUT2D eigenvalue weighted by Crippen LogP contribution is 2.45. The highest BCUT2D eigenvalue weighted by Gasteiger charge is 2.22. The quantitative estimate of drug-likeness (QED) is 0.164. The normalized spacial score (nSPS) is 15.6. The smallest absolute Gasteiger partial charge is 0.136 e. The van der Waals surface area contributed by atoms with Crippen LogP contribution in [0.4, 0.5) is 17.1 Å². The van der Waals surface area contributed by atoms with Crippen molar-refractivity contribution in [1.29, 1.82) is 0 Å². The van der Waals surface area contributed by atoms with E-state index in [-0.39, 0.29) is 0 Å². The second kappa shape index (κ2) is 14.3. The summed E-state index contributed by atoms with van der Waals surface area (Å²) in [6.07, 6.45) is 13.4. The van der Waals surface area contributed by atoms with E-state index in [1.165, 1.54) is 108 Å². The molecular weight excluding hydrogens is 655 g/mol. The van der Waals surface area contributed by atoms with Gasteiger partial charge in [-0.15, -0.1) is 0 Å². The summed E-state index contributed by atoms with van der Waals surface area (Å²) in [6.45, 7) is 0. The summed E-state index contributed by atoms with van der Waals surface area (Å²) in [5.41, 5.74) is 13.1. The molecule has 8 aromatic rings. The van der Waals surface area contributed by atoms with Gasteiger partial charge < -0.3 is 9.32 Å². The third-order valence-corrected chi connectivity index (χ3v) is 12.5. The van der Waals surface area contributed by atoms with E-state index in [1.807, 2.05) is 6.07 Å². The molecule has 10 rings (SSSR count). The van der Waals surface area contributed by atoms with Crippen molar-refractivity contribution in [2.75, 3.05) is 4.90 Å². The van der Waals surface area contributed by atoms with E-state index in [4.69, 9.17) is 4.42 Å². The van der Waals surface area contributed by atoms with Gasteiger partial charge in [-0.1, -0.05) is 136 Å². The van der Waals surface area contributed by atoms with E-state index in [0.29, 0.717) is 5.92 Å². The third-order valence-electron chi connectivity index (χ3n) is 12.5. The average Bonchev–Trinajstić information content (AvgIpc) is 3.63. The first-order chi connectivity index (χ1) is 26.7. The number of para-hydroxylation sites is 1. The molecule has 0 saturated heterocycles. The van der Waals surface area contributed by atoms with Crippen molar-refractivity contribution in [3.63, 3.8) is 0 Å². The van der Waals surface area contributed by atoms with Crippen LogP contribution < -0.4 is 4.90 Å². The molecule has 266 valence electrons. The van der Waals surface area contributed by atoms with Gasteiger partial charge in [0.1, 0.15) is 11.2 Å². The Labute approximate surface area is 319 Å². The minimum Gasteiger partial charge on any atom is -0.456 e. The second-order valence-electron chi connectivity index (χ2n) is 15.8. The lowest BCUT2D eigenvalue weighted by atomic mass is 9.84. The maximum Gasteiger partial charge on any atom is 0.136 e. The predicted octanol–water partition coefficient (Wildman–Crippen LogP) is 15.6. The van der Waals surface area contributed by atoms with Gasteiger partial charge in [-0.25, -0.2) is 0 Å². The number of furan rings is 1. The van der Waals surface area contributed by atoms with Gasteiger partial charge in [0, 0.05) is 27.7 Å². The standard InChI is InChI=1S/C52H47NO/c1-3-11-36(12-4-1)38-19-21-39(22-20-38)41-25-30-46(31-26-41)53(45-28-23-40(24-29-45)37-13-5-2-6-14-37)50-34-43-16-8-7-15-42(43)33-49(50)44-27-32-48-47-17-9-10-18-51(47)54-52(48)35-44/h7-10,15-37H,1-6,11-14H2. The number of hydrogen-bond donors (Lipinski definition) is 0. The van der Waals surface area contributed by atoms with Crippen LogP contribution in [0, 0.1) is 0 Å². The van der Waals surface area contributed by atoms with Crippen molar-refractivity contribution in [1.82, 2.24) is 0 Å². The van der Waals surface area contributed by atoms with E-state index in [1.54, 1.807) is 0 Å². The van der Waals surface area contributed by atoms with Crippen molar-refractivity contribution >= 4 is 49.8 Å². The highest BCUT2D eigenvalue weighted by molar-refractivity contribution is 6.07. The number of benzene rings is 7. The van der Waals surface area contributed by atoms with Crippen LogP contribution in [0.15, 0.2) is 156 Å². The number of anilines is 3. The molecule has 2 aliphatic carbocycles. The van der Waals surface area contributed by atoms with E-state index in [9.17, 15) is 0 Å². The lowest BCUT2D eigenvalue weighted by molar-refractivity contribution is 0.443. The van der Waals surface area contributed by atoms with Crippen LogP contribution in [0.5, 0.6) is 0 Å². The molecule has 2 nitrogen and oxygen atoms in total. The minimum atomic E-state index is 0.664. The Morgan fingerprint density at radius 1 is 0.407 bits per heavy atom. The van der Waals surface area contributed by atoms with E-state index < -0.39 is 0 Å². The fraction of sp³-hybridized carbons (Fsp3) is 0.231. The molecule has 1 aromatic heterocycles. The Morgan fingerprint density at radius 2 is 0.907 bits per heavy atom. The van der Waals surface area contributed by atoms with Crippen LogP contribution in [0.3, 0.4) is 0 Å². The maximum absolute atomic E-state index is 6.43. The Balaban J connectivity index is 1.09. The Morgan fingerprint density at radius 3 is 1.56 bits per heavy atom. The molecular formula is C52H47NO. The van der Waals surface area contributed by atoms with Crippen molar-refractivity contribution in [2.24, 2.45) is 0 Å². The summed E-state index contributed by atoms with van der Waals surface area (Å²) >= 11 is 0. The Bertz CT molecular complexity index is 2550. The number of nitrogens with zero attached hydrogens (tertiary/aromatic N) is 1. The lowest BCUT2D eigenvalue weighted by Gasteiger charge is -2.29. The molecule has 0 atom stereocenters. The van der Waals surface area contributed by atoms with Gasteiger partial charge in [0.2, 0.25) is 0 Å². The average molecular weight is 702 g/mol. The topological polar surface area (TPSA) is 16.4 Å². The van der Waals surface area contributed by atoms with Crippen LogP contribution in [0.1, 0.15) is 87.2 Å². The third kappa shape index (κ3) is 6.28. The summed E-state index contributed by atoms with van der Waals surface area (Å²) in [6, 6.07) is 56.6. The van der Waals surface area contributed by atoms with E-state index in [2.05, 4.69) is 150 Å². The molecule has 2 fully saturated rings. The molecule has 0 amide bonds. The zero-order chi connectivity index (χ0) is 35.8. The van der Waals surface area contributed by atoms with Crippen LogP contribution in [0.25, 0.3) is 55.0 Å². The zero-order valence-electron chi connectivity index (χ0n) is 31.0. The molecule has 1 heterocycles. The summed E-state index contributed by atoms with van der Waals surface area (Å²) in [4.78, 5) is 2.46. The molecule has 0 bridgehead atoms. The minimum absolute atomic E-state index is 0.664. The summed E-state index contributed by atoms with van der Waals surface area (Å²) < 4.78 is 6.43. The molecule has 54 heavy (non-hydrogen) atoms. The zero-order valence-corrected chi connectivity index (χ0v) is 31.0. The molecule has 0 aliphatic heterocycles. The van der Waals surface area contributed by atoms with Gasteiger partial charge in [-0.3, -0.25) is 0 Å². The summed E-state index contributed by atoms with van der Waals surface area (Å²) in [5.74, 6) is 1.38. The van der Waals surface area contributed by atoms with Gasteiger partial charge >= 0.3 is 0 Å². The fourth-order valence-corrected chi connectivity index (χ4v) is 9.48. The lowest BCUT2D eigenvalue weighted by Crippen LogP contribution is -2.12. The number of rotatable bonds is 7. The van der Waals surface area contributed by atoms with Crippen LogP contribution in [-0.4, -0.2) is 0 Å². The van der Waals surface area contributed by atoms with Crippen molar-refractivity contribution < 1.29 is 4.42 Å². The predicted molar refractivity (Wildman–Crippen MR) is 228 cm³/mol. The Hall–Kier alpha value is -5.60. The van der Waals surface area contributed by atoms with Gasteiger partial charge in [0.15, 0.2) is 0 Å². The molecule has 0 unspecified atom stereocenters.